The van der Waals surface area contributed by atoms with Crippen LogP contribution in [0.1, 0.15) is 36.0 Å². The van der Waals surface area contributed by atoms with E-state index in [4.69, 9.17) is 16.7 Å². The minimum atomic E-state index is -0.971. The monoisotopic (exact) mass is 324 g/mol. The van der Waals surface area contributed by atoms with Crippen molar-refractivity contribution in [3.8, 4) is 0 Å². The maximum Gasteiger partial charge on any atom is 0.307 e. The molecule has 1 saturated carbocycles. The first kappa shape index (κ1) is 16.3. The van der Waals surface area contributed by atoms with E-state index in [1.807, 2.05) is 0 Å². The molecule has 0 spiro atoms. The average molecular weight is 325 g/mol. The van der Waals surface area contributed by atoms with Crippen molar-refractivity contribution >= 4 is 29.4 Å². The summed E-state index contributed by atoms with van der Waals surface area (Å²) in [6.07, 6.45) is 2.60. The number of amides is 2. The highest BCUT2D eigenvalue weighted by atomic mass is 35.5. The molecular weight excluding hydrogens is 308 g/mol. The Morgan fingerprint density at radius 3 is 2.41 bits per heavy atom. The lowest BCUT2D eigenvalue weighted by Gasteiger charge is -2.27. The van der Waals surface area contributed by atoms with Crippen LogP contribution in [0.15, 0.2) is 24.3 Å². The normalized spacial score (nSPS) is 21.0. The van der Waals surface area contributed by atoms with Crippen molar-refractivity contribution in [1.29, 1.82) is 0 Å². The fourth-order valence-corrected chi connectivity index (χ4v) is 2.84. The number of aliphatic carboxylic acids is 1. The van der Waals surface area contributed by atoms with Gasteiger partial charge in [-0.25, -0.2) is 0 Å². The van der Waals surface area contributed by atoms with Gasteiger partial charge < -0.3 is 5.11 Å². The number of nitrogens with one attached hydrogen (secondary N) is 2. The average Bonchev–Trinajstić information content (AvgIpc) is 2.52. The van der Waals surface area contributed by atoms with Crippen LogP contribution < -0.4 is 10.9 Å². The molecule has 2 amide bonds. The maximum absolute atomic E-state index is 12.1. The standard InChI is InChI=1S/C15H17ClN2O4/c16-10-5-3-4-9(8-10)13(19)17-18-14(20)11-6-1-2-7-12(11)15(21)22/h3-5,8,11-12H,1-2,6-7H2,(H,17,19)(H,18,20)(H,21,22)/t11-,12+/m0/s1. The summed E-state index contributed by atoms with van der Waals surface area (Å²) in [5, 5.41) is 9.58. The van der Waals surface area contributed by atoms with Crippen LogP contribution in [-0.4, -0.2) is 22.9 Å². The number of hydrogen-bond donors (Lipinski definition) is 3. The molecule has 0 aromatic heterocycles. The Hall–Kier alpha value is -2.08. The predicted octanol–water partition coefficient (Wildman–Crippen LogP) is 1.99. The zero-order valence-corrected chi connectivity index (χ0v) is 12.6. The number of hydrazine groups is 1. The van der Waals surface area contributed by atoms with Gasteiger partial charge in [-0.05, 0) is 31.0 Å². The molecular formula is C15H17ClN2O4. The van der Waals surface area contributed by atoms with E-state index in [1.165, 1.54) is 6.07 Å². The highest BCUT2D eigenvalue weighted by Crippen LogP contribution is 2.30. The van der Waals surface area contributed by atoms with Gasteiger partial charge in [0.2, 0.25) is 5.91 Å². The third-order valence-corrected chi connectivity index (χ3v) is 4.04. The van der Waals surface area contributed by atoms with E-state index in [0.29, 0.717) is 23.4 Å². The van der Waals surface area contributed by atoms with Gasteiger partial charge in [0, 0.05) is 10.6 Å². The van der Waals surface area contributed by atoms with Crippen LogP contribution in [0.3, 0.4) is 0 Å². The van der Waals surface area contributed by atoms with Crippen LogP contribution in [0.4, 0.5) is 0 Å². The predicted molar refractivity (Wildman–Crippen MR) is 80.1 cm³/mol. The van der Waals surface area contributed by atoms with Crippen molar-refractivity contribution < 1.29 is 19.5 Å². The molecule has 118 valence electrons. The van der Waals surface area contributed by atoms with Gasteiger partial charge in [-0.15, -0.1) is 0 Å². The van der Waals surface area contributed by atoms with Crippen LogP contribution in [0.5, 0.6) is 0 Å². The number of carbonyl (C=O) groups is 3. The highest BCUT2D eigenvalue weighted by molar-refractivity contribution is 6.30. The molecule has 0 bridgehead atoms. The Morgan fingerprint density at radius 2 is 1.77 bits per heavy atom. The maximum atomic E-state index is 12.1. The van der Waals surface area contributed by atoms with Crippen LogP contribution in [0.2, 0.25) is 5.02 Å². The first-order valence-electron chi connectivity index (χ1n) is 7.07. The zero-order chi connectivity index (χ0) is 16.1. The summed E-state index contributed by atoms with van der Waals surface area (Å²) in [6.45, 7) is 0. The van der Waals surface area contributed by atoms with E-state index in [0.717, 1.165) is 12.8 Å². The Balaban J connectivity index is 1.94. The van der Waals surface area contributed by atoms with Crippen molar-refractivity contribution in [3.05, 3.63) is 34.9 Å². The Bertz CT molecular complexity index is 591. The molecule has 1 aromatic carbocycles. The molecule has 1 aliphatic rings. The highest BCUT2D eigenvalue weighted by Gasteiger charge is 2.35. The summed E-state index contributed by atoms with van der Waals surface area (Å²) in [6, 6.07) is 6.30. The van der Waals surface area contributed by atoms with Gasteiger partial charge in [0.25, 0.3) is 5.91 Å². The quantitative estimate of drug-likeness (QED) is 0.741. The van der Waals surface area contributed by atoms with E-state index in [9.17, 15) is 14.4 Å². The third kappa shape index (κ3) is 3.98. The number of hydrogen-bond acceptors (Lipinski definition) is 3. The Kier molecular flexibility index (Phi) is 5.38. The lowest BCUT2D eigenvalue weighted by molar-refractivity contribution is -0.149. The molecule has 1 aliphatic carbocycles. The summed E-state index contributed by atoms with van der Waals surface area (Å²) < 4.78 is 0. The van der Waals surface area contributed by atoms with Crippen LogP contribution >= 0.6 is 11.6 Å². The molecule has 6 nitrogen and oxygen atoms in total. The molecule has 1 aromatic rings. The SMILES string of the molecule is O=C(NNC(=O)[C@H]1CCCC[C@H]1C(=O)O)c1cccc(Cl)c1. The first-order chi connectivity index (χ1) is 10.5. The number of halogens is 1. The smallest absolute Gasteiger partial charge is 0.307 e. The largest absolute Gasteiger partial charge is 0.481 e. The molecule has 2 rings (SSSR count). The van der Waals surface area contributed by atoms with Gasteiger partial charge in [-0.3, -0.25) is 25.2 Å². The molecule has 7 heteroatoms. The van der Waals surface area contributed by atoms with E-state index in [-0.39, 0.29) is 0 Å². The number of carbonyl (C=O) groups excluding carboxylic acids is 2. The van der Waals surface area contributed by atoms with Crippen molar-refractivity contribution in [2.45, 2.75) is 25.7 Å². The van der Waals surface area contributed by atoms with Crippen molar-refractivity contribution in [2.24, 2.45) is 11.8 Å². The van der Waals surface area contributed by atoms with Crippen LogP contribution in [0.25, 0.3) is 0 Å². The van der Waals surface area contributed by atoms with E-state index >= 15 is 0 Å². The van der Waals surface area contributed by atoms with Crippen molar-refractivity contribution in [1.82, 2.24) is 10.9 Å². The second-order valence-corrected chi connectivity index (χ2v) is 5.73. The Morgan fingerprint density at radius 1 is 1.09 bits per heavy atom. The topological polar surface area (TPSA) is 95.5 Å². The first-order valence-corrected chi connectivity index (χ1v) is 7.45. The van der Waals surface area contributed by atoms with E-state index in [2.05, 4.69) is 10.9 Å². The number of rotatable bonds is 3. The number of carboxylic acids is 1. The van der Waals surface area contributed by atoms with Crippen molar-refractivity contribution in [2.75, 3.05) is 0 Å². The summed E-state index contributed by atoms with van der Waals surface area (Å²) >= 11 is 5.79. The Labute approximate surface area is 132 Å². The van der Waals surface area contributed by atoms with Gasteiger partial charge in [-0.2, -0.15) is 0 Å². The molecule has 0 aliphatic heterocycles. The molecule has 0 saturated heterocycles. The number of carboxylic acid groups (broad SMARTS) is 1. The second-order valence-electron chi connectivity index (χ2n) is 5.29. The van der Waals surface area contributed by atoms with Gasteiger partial charge >= 0.3 is 5.97 Å². The fraction of sp³-hybridized carbons (Fsp3) is 0.400. The lowest BCUT2D eigenvalue weighted by Crippen LogP contribution is -2.47. The molecule has 0 heterocycles. The van der Waals surface area contributed by atoms with Gasteiger partial charge in [0.1, 0.15) is 0 Å². The van der Waals surface area contributed by atoms with Gasteiger partial charge in [-0.1, -0.05) is 30.5 Å². The van der Waals surface area contributed by atoms with E-state index < -0.39 is 29.6 Å². The molecule has 0 unspecified atom stereocenters. The molecule has 3 N–H and O–H groups in total. The zero-order valence-electron chi connectivity index (χ0n) is 11.8. The number of benzene rings is 1. The third-order valence-electron chi connectivity index (χ3n) is 3.81. The molecule has 2 atom stereocenters. The summed E-state index contributed by atoms with van der Waals surface area (Å²) in [4.78, 5) is 35.2. The fourth-order valence-electron chi connectivity index (χ4n) is 2.65. The minimum absolute atomic E-state index is 0.311. The van der Waals surface area contributed by atoms with E-state index in [1.54, 1.807) is 18.2 Å². The summed E-state index contributed by atoms with van der Waals surface area (Å²) in [7, 11) is 0. The molecule has 1 fully saturated rings. The second kappa shape index (κ2) is 7.26. The lowest BCUT2D eigenvalue weighted by atomic mass is 9.79. The molecule has 22 heavy (non-hydrogen) atoms. The van der Waals surface area contributed by atoms with Gasteiger partial charge in [0.05, 0.1) is 11.8 Å². The summed E-state index contributed by atoms with van der Waals surface area (Å²) in [5.41, 5.74) is 4.91. The van der Waals surface area contributed by atoms with Crippen LogP contribution in [-0.2, 0) is 9.59 Å². The van der Waals surface area contributed by atoms with Crippen molar-refractivity contribution in [3.63, 3.8) is 0 Å². The minimum Gasteiger partial charge on any atom is -0.481 e. The van der Waals surface area contributed by atoms with Crippen LogP contribution in [0, 0.1) is 11.8 Å². The van der Waals surface area contributed by atoms with Gasteiger partial charge in [0.15, 0.2) is 0 Å². The molecule has 0 radical (unpaired) electrons. The summed E-state index contributed by atoms with van der Waals surface area (Å²) in [5.74, 6) is -3.26.